The van der Waals surface area contributed by atoms with Gasteiger partial charge < -0.3 is 14.6 Å². The number of carbonyl (C=O) groups excluding carboxylic acids is 2. The highest BCUT2D eigenvalue weighted by atomic mass is 32.2. The summed E-state index contributed by atoms with van der Waals surface area (Å²) in [7, 11) is 0. The molecule has 0 radical (unpaired) electrons. The molecule has 3 saturated carbocycles. The monoisotopic (exact) mass is 559 g/mol. The van der Waals surface area contributed by atoms with Gasteiger partial charge in [0.25, 0.3) is 0 Å². The van der Waals surface area contributed by atoms with E-state index in [-0.39, 0.29) is 36.2 Å². The third-order valence-electron chi connectivity index (χ3n) is 10.1. The summed E-state index contributed by atoms with van der Waals surface area (Å²) in [4.78, 5) is 25.9. The van der Waals surface area contributed by atoms with Crippen molar-refractivity contribution < 1.29 is 37.3 Å². The second-order valence-corrected chi connectivity index (χ2v) is 12.6. The first-order valence-corrected chi connectivity index (χ1v) is 14.0. The predicted molar refractivity (Wildman–Crippen MR) is 135 cm³/mol. The van der Waals surface area contributed by atoms with Crippen LogP contribution in [0.3, 0.4) is 0 Å². The van der Waals surface area contributed by atoms with Crippen LogP contribution in [-0.4, -0.2) is 51.4 Å². The standard InChI is InChI=1S/C29H28F3NO5S/c1-26-8-7-15(34)11-19(26)21(31)12-18-17-13-23-29(25(36)39-10-9-33,27(17,2)14-22(35)28(18,26)32)38-24(37-23)16-5-3-4-6-20(16)30/h3-8,11,17-18,21-24,35H,10,12-14H2,1-2H3/t17-,18?,21-,22-,23+,24?,26-,27-,28-,29-/m0/s1. The van der Waals surface area contributed by atoms with Crippen molar-refractivity contribution in [2.75, 3.05) is 5.75 Å². The fraction of sp³-hybridized carbons (Fsp3) is 0.552. The van der Waals surface area contributed by atoms with Gasteiger partial charge in [0.2, 0.25) is 5.12 Å². The van der Waals surface area contributed by atoms with Crippen molar-refractivity contribution in [1.82, 2.24) is 0 Å². The van der Waals surface area contributed by atoms with E-state index in [1.54, 1.807) is 13.0 Å². The maximum absolute atomic E-state index is 17.5. The molecule has 2 unspecified atom stereocenters. The summed E-state index contributed by atoms with van der Waals surface area (Å²) >= 11 is 0.738. The maximum atomic E-state index is 17.5. The Morgan fingerprint density at radius 2 is 2.00 bits per heavy atom. The topological polar surface area (TPSA) is 96.6 Å². The van der Waals surface area contributed by atoms with Crippen molar-refractivity contribution in [2.45, 2.75) is 69.0 Å². The SMILES string of the molecule is C[C@]12C=CC(=O)C=C1[C@@H](F)CC1[C@@H]3C[C@H]4OC(c5ccccc5F)O[C@@]4(C(=O)SCC#N)[C@@]3(C)C[C@H](O)[C@@]12F. The van der Waals surface area contributed by atoms with Gasteiger partial charge in [-0.3, -0.25) is 9.59 Å². The summed E-state index contributed by atoms with van der Waals surface area (Å²) in [5.41, 5.74) is -6.72. The van der Waals surface area contributed by atoms with Gasteiger partial charge in [0, 0.05) is 22.3 Å². The van der Waals surface area contributed by atoms with Crippen LogP contribution in [-0.2, 0) is 19.1 Å². The van der Waals surface area contributed by atoms with Gasteiger partial charge in [-0.15, -0.1) is 0 Å². The van der Waals surface area contributed by atoms with Crippen LogP contribution in [0.4, 0.5) is 13.2 Å². The Hall–Kier alpha value is -2.45. The maximum Gasteiger partial charge on any atom is 0.225 e. The summed E-state index contributed by atoms with van der Waals surface area (Å²) in [5, 5.41) is 20.2. The molecule has 1 N–H and O–H groups in total. The first-order chi connectivity index (χ1) is 18.4. The lowest BCUT2D eigenvalue weighted by Gasteiger charge is -2.63. The zero-order valence-corrected chi connectivity index (χ0v) is 22.2. The minimum absolute atomic E-state index is 0.0112. The molecule has 0 bridgehead atoms. The van der Waals surface area contributed by atoms with E-state index in [0.29, 0.717) is 0 Å². The first-order valence-electron chi connectivity index (χ1n) is 13.0. The average molecular weight is 560 g/mol. The van der Waals surface area contributed by atoms with Crippen LogP contribution < -0.4 is 0 Å². The van der Waals surface area contributed by atoms with Crippen molar-refractivity contribution in [3.05, 3.63) is 59.4 Å². The van der Waals surface area contributed by atoms with E-state index >= 15 is 8.78 Å². The fourth-order valence-corrected chi connectivity index (χ4v) is 9.13. The number of thioether (sulfide) groups is 1. The molecule has 1 aliphatic heterocycles. The average Bonchev–Trinajstić information content (AvgIpc) is 3.39. The number of ketones is 1. The normalized spacial score (nSPS) is 46.0. The molecule has 4 aliphatic carbocycles. The minimum Gasteiger partial charge on any atom is -0.390 e. The number of nitrogens with zero attached hydrogens (tertiary/aromatic N) is 1. The second-order valence-electron chi connectivity index (χ2n) is 11.7. The number of alkyl halides is 2. The predicted octanol–water partition coefficient (Wildman–Crippen LogP) is 4.69. The Morgan fingerprint density at radius 1 is 1.26 bits per heavy atom. The van der Waals surface area contributed by atoms with E-state index in [1.807, 2.05) is 6.07 Å². The molecule has 0 spiro atoms. The van der Waals surface area contributed by atoms with Gasteiger partial charge in [0.05, 0.1) is 24.0 Å². The molecule has 1 heterocycles. The van der Waals surface area contributed by atoms with Crippen molar-refractivity contribution in [1.29, 1.82) is 5.26 Å². The van der Waals surface area contributed by atoms with Crippen molar-refractivity contribution in [3.8, 4) is 6.07 Å². The van der Waals surface area contributed by atoms with Crippen molar-refractivity contribution in [2.24, 2.45) is 22.7 Å². The molecule has 0 aromatic heterocycles. The lowest BCUT2D eigenvalue weighted by molar-refractivity contribution is -0.232. The van der Waals surface area contributed by atoms with Gasteiger partial charge in [-0.25, -0.2) is 13.2 Å². The van der Waals surface area contributed by atoms with Crippen LogP contribution in [0.15, 0.2) is 48.1 Å². The summed E-state index contributed by atoms with van der Waals surface area (Å²) in [6.07, 6.45) is -2.11. The molecule has 206 valence electrons. The van der Waals surface area contributed by atoms with Crippen molar-refractivity contribution in [3.63, 3.8) is 0 Å². The van der Waals surface area contributed by atoms with Gasteiger partial charge in [0.15, 0.2) is 23.3 Å². The molecule has 10 atom stereocenters. The Labute approximate surface area is 228 Å². The summed E-state index contributed by atoms with van der Waals surface area (Å²) < 4.78 is 60.4. The molecule has 1 aromatic rings. The number of benzene rings is 1. The first kappa shape index (κ1) is 26.8. The molecule has 1 saturated heterocycles. The number of ether oxygens (including phenoxy) is 2. The Morgan fingerprint density at radius 3 is 2.72 bits per heavy atom. The van der Waals surface area contributed by atoms with Gasteiger partial charge in [-0.1, -0.05) is 43.0 Å². The minimum atomic E-state index is -2.32. The van der Waals surface area contributed by atoms with E-state index < -0.39 is 75.3 Å². The number of hydrogen-bond acceptors (Lipinski definition) is 7. The summed E-state index contributed by atoms with van der Waals surface area (Å²) in [6.45, 7) is 3.23. The molecule has 6 nitrogen and oxygen atoms in total. The third kappa shape index (κ3) is 3.27. The number of aliphatic hydroxyl groups is 1. The molecule has 0 amide bonds. The molecule has 10 heteroatoms. The molecular weight excluding hydrogens is 531 g/mol. The Balaban J connectivity index is 1.46. The molecule has 5 aliphatic rings. The lowest BCUT2D eigenvalue weighted by Crippen LogP contribution is -2.70. The smallest absolute Gasteiger partial charge is 0.225 e. The van der Waals surface area contributed by atoms with E-state index in [4.69, 9.17) is 14.7 Å². The van der Waals surface area contributed by atoms with Crippen LogP contribution in [0.5, 0.6) is 0 Å². The number of nitriles is 1. The van der Waals surface area contributed by atoms with Gasteiger partial charge >= 0.3 is 0 Å². The number of halogens is 3. The van der Waals surface area contributed by atoms with Crippen LogP contribution in [0, 0.1) is 39.8 Å². The number of allylic oxidation sites excluding steroid dienone is 4. The van der Waals surface area contributed by atoms with Crippen molar-refractivity contribution >= 4 is 22.7 Å². The van der Waals surface area contributed by atoms with E-state index in [1.165, 1.54) is 37.3 Å². The third-order valence-corrected chi connectivity index (χ3v) is 10.9. The van der Waals surface area contributed by atoms with E-state index in [9.17, 15) is 19.1 Å². The van der Waals surface area contributed by atoms with E-state index in [0.717, 1.165) is 17.8 Å². The van der Waals surface area contributed by atoms with Crippen LogP contribution in [0.1, 0.15) is 45.0 Å². The number of rotatable bonds is 3. The molecule has 39 heavy (non-hydrogen) atoms. The number of fused-ring (bicyclic) bond motifs is 7. The molecule has 1 aromatic carbocycles. The molecule has 4 fully saturated rings. The van der Waals surface area contributed by atoms with Crippen LogP contribution >= 0.6 is 11.8 Å². The Bertz CT molecular complexity index is 1360. The quantitative estimate of drug-likeness (QED) is 0.574. The fourth-order valence-electron chi connectivity index (χ4n) is 8.31. The lowest BCUT2D eigenvalue weighted by atomic mass is 9.44. The molecular formula is C29H28F3NO5S. The van der Waals surface area contributed by atoms with Crippen LogP contribution in [0.2, 0.25) is 0 Å². The zero-order valence-electron chi connectivity index (χ0n) is 21.4. The number of aliphatic hydroxyl groups excluding tert-OH is 1. The van der Waals surface area contributed by atoms with E-state index in [2.05, 4.69) is 0 Å². The van der Waals surface area contributed by atoms with Gasteiger partial charge in [-0.05, 0) is 55.9 Å². The number of hydrogen-bond donors (Lipinski definition) is 1. The second kappa shape index (κ2) is 8.77. The summed E-state index contributed by atoms with van der Waals surface area (Å²) in [5.74, 6) is -2.86. The number of carbonyl (C=O) groups is 2. The summed E-state index contributed by atoms with van der Waals surface area (Å²) in [6, 6.07) is 7.79. The molecule has 6 rings (SSSR count). The zero-order chi connectivity index (χ0) is 28.0. The van der Waals surface area contributed by atoms with Gasteiger partial charge in [-0.2, -0.15) is 5.26 Å². The van der Waals surface area contributed by atoms with Gasteiger partial charge in [0.1, 0.15) is 12.0 Å². The Kier molecular flexibility index (Phi) is 6.02. The largest absolute Gasteiger partial charge is 0.390 e. The van der Waals surface area contributed by atoms with Crippen LogP contribution in [0.25, 0.3) is 0 Å². The highest BCUT2D eigenvalue weighted by molar-refractivity contribution is 8.14. The highest BCUT2D eigenvalue weighted by Crippen LogP contribution is 2.73. The highest BCUT2D eigenvalue weighted by Gasteiger charge is 2.80.